The molecule has 0 N–H and O–H groups in total. The van der Waals surface area contributed by atoms with E-state index in [1.54, 1.807) is 18.2 Å². The van der Waals surface area contributed by atoms with Crippen molar-refractivity contribution in [2.24, 2.45) is 0 Å². The second-order valence-corrected chi connectivity index (χ2v) is 4.34. The fourth-order valence-corrected chi connectivity index (χ4v) is 1.49. The summed E-state index contributed by atoms with van der Waals surface area (Å²) in [5.41, 5.74) is -0.0758. The van der Waals surface area contributed by atoms with Gasteiger partial charge in [-0.05, 0) is 38.8 Å². The number of benzene rings is 1. The summed E-state index contributed by atoms with van der Waals surface area (Å²) in [6, 6.07) is 4.92. The summed E-state index contributed by atoms with van der Waals surface area (Å²) in [4.78, 5) is 10.6. The molecule has 2 rings (SSSR count). The van der Waals surface area contributed by atoms with Crippen LogP contribution < -0.4 is 9.47 Å². The minimum Gasteiger partial charge on any atom is -0.484 e. The first-order valence-electron chi connectivity index (χ1n) is 5.68. The number of nitro groups is 1. The topological polar surface area (TPSA) is 61.6 Å². The van der Waals surface area contributed by atoms with Gasteiger partial charge in [-0.15, -0.1) is 0 Å². The van der Waals surface area contributed by atoms with Crippen LogP contribution in [0.2, 0.25) is 0 Å². The van der Waals surface area contributed by atoms with Crippen molar-refractivity contribution in [2.45, 2.75) is 38.9 Å². The molecule has 17 heavy (non-hydrogen) atoms. The van der Waals surface area contributed by atoms with E-state index >= 15 is 0 Å². The molecule has 0 heterocycles. The molecule has 1 saturated carbocycles. The smallest absolute Gasteiger partial charge is 0.352 e. The zero-order valence-corrected chi connectivity index (χ0v) is 9.88. The summed E-state index contributed by atoms with van der Waals surface area (Å²) in [5.74, 6) is 0.568. The van der Waals surface area contributed by atoms with Crippen LogP contribution in [-0.4, -0.2) is 17.1 Å². The van der Waals surface area contributed by atoms with Gasteiger partial charge in [0.05, 0.1) is 17.1 Å². The molecule has 1 aromatic carbocycles. The lowest BCUT2D eigenvalue weighted by Crippen LogP contribution is -2.08. The van der Waals surface area contributed by atoms with Crippen LogP contribution in [0.1, 0.15) is 26.7 Å². The van der Waals surface area contributed by atoms with E-state index in [9.17, 15) is 10.1 Å². The Kier molecular flexibility index (Phi) is 3.17. The molecule has 0 saturated heterocycles. The summed E-state index contributed by atoms with van der Waals surface area (Å²) < 4.78 is 10.9. The van der Waals surface area contributed by atoms with Crippen molar-refractivity contribution in [3.8, 4) is 11.5 Å². The predicted molar refractivity (Wildman–Crippen MR) is 62.5 cm³/mol. The second-order valence-electron chi connectivity index (χ2n) is 4.34. The number of hydrogen-bond acceptors (Lipinski definition) is 4. The van der Waals surface area contributed by atoms with Gasteiger partial charge >= 0.3 is 5.69 Å². The molecule has 0 aliphatic heterocycles. The Balaban J connectivity index is 2.32. The summed E-state index contributed by atoms with van der Waals surface area (Å²) in [6.07, 6.45) is 1.95. The van der Waals surface area contributed by atoms with Crippen LogP contribution >= 0.6 is 0 Å². The van der Waals surface area contributed by atoms with Crippen LogP contribution in [0.3, 0.4) is 0 Å². The summed E-state index contributed by atoms with van der Waals surface area (Å²) in [6.45, 7) is 3.66. The van der Waals surface area contributed by atoms with Crippen LogP contribution in [0.4, 0.5) is 5.69 Å². The van der Waals surface area contributed by atoms with Crippen molar-refractivity contribution >= 4 is 5.69 Å². The highest BCUT2D eigenvalue weighted by Crippen LogP contribution is 2.39. The van der Waals surface area contributed by atoms with Crippen LogP contribution in [0.25, 0.3) is 0 Å². The van der Waals surface area contributed by atoms with Gasteiger partial charge in [-0.25, -0.2) is 0 Å². The molecule has 0 atom stereocenters. The van der Waals surface area contributed by atoms with E-state index in [0.717, 1.165) is 12.8 Å². The molecule has 0 unspecified atom stereocenters. The molecule has 5 heteroatoms. The molecule has 0 spiro atoms. The van der Waals surface area contributed by atoms with Gasteiger partial charge in [0.1, 0.15) is 0 Å². The Morgan fingerprint density at radius 3 is 2.53 bits per heavy atom. The van der Waals surface area contributed by atoms with Gasteiger partial charge in [0, 0.05) is 0 Å². The van der Waals surface area contributed by atoms with Crippen LogP contribution in [-0.2, 0) is 0 Å². The average Bonchev–Trinajstić information content (AvgIpc) is 3.00. The van der Waals surface area contributed by atoms with Gasteiger partial charge in [-0.1, -0.05) is 6.07 Å². The molecule has 5 nitrogen and oxygen atoms in total. The number of nitro benzene ring substituents is 1. The lowest BCUT2D eigenvalue weighted by atomic mass is 10.2. The van der Waals surface area contributed by atoms with Crippen LogP contribution in [0, 0.1) is 10.1 Å². The van der Waals surface area contributed by atoms with Crippen LogP contribution in [0.5, 0.6) is 11.5 Å². The Morgan fingerprint density at radius 1 is 1.35 bits per heavy atom. The predicted octanol–water partition coefficient (Wildman–Crippen LogP) is 2.92. The Bertz CT molecular complexity index is 404. The van der Waals surface area contributed by atoms with E-state index in [4.69, 9.17) is 9.47 Å². The molecule has 1 fully saturated rings. The normalized spacial score (nSPS) is 14.8. The number of para-hydroxylation sites is 1. The van der Waals surface area contributed by atoms with Crippen molar-refractivity contribution in [3.63, 3.8) is 0 Å². The van der Waals surface area contributed by atoms with Crippen LogP contribution in [0.15, 0.2) is 18.2 Å². The summed E-state index contributed by atoms with van der Waals surface area (Å²) >= 11 is 0. The summed E-state index contributed by atoms with van der Waals surface area (Å²) in [7, 11) is 0. The first-order chi connectivity index (χ1) is 8.08. The fourth-order valence-electron chi connectivity index (χ4n) is 1.49. The molecule has 0 amide bonds. The zero-order valence-electron chi connectivity index (χ0n) is 9.88. The Morgan fingerprint density at radius 2 is 2.00 bits per heavy atom. The second kappa shape index (κ2) is 4.61. The van der Waals surface area contributed by atoms with E-state index in [1.807, 2.05) is 13.8 Å². The lowest BCUT2D eigenvalue weighted by molar-refractivity contribution is -0.387. The molecule has 0 radical (unpaired) electrons. The van der Waals surface area contributed by atoms with Crippen molar-refractivity contribution < 1.29 is 14.4 Å². The largest absolute Gasteiger partial charge is 0.484 e. The zero-order chi connectivity index (χ0) is 12.4. The molecular formula is C12H15NO4. The van der Waals surface area contributed by atoms with Crippen molar-refractivity contribution in [1.82, 2.24) is 0 Å². The fraction of sp³-hybridized carbons (Fsp3) is 0.500. The van der Waals surface area contributed by atoms with Crippen molar-refractivity contribution in [1.29, 1.82) is 0 Å². The minimum absolute atomic E-state index is 0.0758. The molecule has 92 valence electrons. The van der Waals surface area contributed by atoms with E-state index in [0.29, 0.717) is 5.75 Å². The average molecular weight is 237 g/mol. The molecular weight excluding hydrogens is 222 g/mol. The van der Waals surface area contributed by atoms with Gasteiger partial charge in [-0.3, -0.25) is 10.1 Å². The maximum absolute atomic E-state index is 11.1. The number of hydrogen-bond donors (Lipinski definition) is 0. The quantitative estimate of drug-likeness (QED) is 0.583. The molecule has 1 aliphatic rings. The third-order valence-electron chi connectivity index (χ3n) is 2.33. The maximum atomic E-state index is 11.1. The van der Waals surface area contributed by atoms with Gasteiger partial charge in [0.15, 0.2) is 0 Å². The number of ether oxygens (including phenoxy) is 2. The van der Waals surface area contributed by atoms with Gasteiger partial charge in [0.25, 0.3) is 0 Å². The highest BCUT2D eigenvalue weighted by atomic mass is 16.6. The summed E-state index contributed by atoms with van der Waals surface area (Å²) in [5, 5.41) is 11.1. The van der Waals surface area contributed by atoms with Crippen molar-refractivity contribution in [3.05, 3.63) is 28.3 Å². The molecule has 0 aromatic heterocycles. The third-order valence-corrected chi connectivity index (χ3v) is 2.33. The highest BCUT2D eigenvalue weighted by molar-refractivity contribution is 5.57. The maximum Gasteiger partial charge on any atom is 0.352 e. The lowest BCUT2D eigenvalue weighted by Gasteiger charge is -2.12. The number of nitrogens with zero attached hydrogens (tertiary/aromatic N) is 1. The van der Waals surface area contributed by atoms with Gasteiger partial charge < -0.3 is 9.47 Å². The third kappa shape index (κ3) is 2.87. The van der Waals surface area contributed by atoms with Gasteiger partial charge in [0.2, 0.25) is 11.5 Å². The first-order valence-corrected chi connectivity index (χ1v) is 5.68. The minimum atomic E-state index is -0.449. The molecule has 0 bridgehead atoms. The number of rotatable bonds is 5. The first kappa shape index (κ1) is 11.7. The molecule has 1 aliphatic carbocycles. The standard InChI is InChI=1S/C12H15NO4/c1-8(2)16-10-4-3-5-11(12(10)13(14)15)17-9-6-7-9/h3-5,8-9H,6-7H2,1-2H3. The Labute approximate surface area is 99.5 Å². The van der Waals surface area contributed by atoms with Crippen molar-refractivity contribution in [2.75, 3.05) is 0 Å². The van der Waals surface area contributed by atoms with E-state index in [1.165, 1.54) is 0 Å². The Hall–Kier alpha value is -1.78. The molecule has 1 aromatic rings. The van der Waals surface area contributed by atoms with E-state index in [-0.39, 0.29) is 23.6 Å². The van der Waals surface area contributed by atoms with E-state index < -0.39 is 4.92 Å². The monoisotopic (exact) mass is 237 g/mol. The van der Waals surface area contributed by atoms with E-state index in [2.05, 4.69) is 0 Å². The highest BCUT2D eigenvalue weighted by Gasteiger charge is 2.29. The SMILES string of the molecule is CC(C)Oc1cccc(OC2CC2)c1[N+](=O)[O-]. The van der Waals surface area contributed by atoms with Gasteiger partial charge in [-0.2, -0.15) is 0 Å².